The monoisotopic (exact) mass is 554 g/mol. The molecular formula is C34H20Cl2N4. The van der Waals surface area contributed by atoms with Crippen LogP contribution in [0.4, 0.5) is 0 Å². The van der Waals surface area contributed by atoms with Gasteiger partial charge in [0.05, 0.1) is 33.4 Å². The summed E-state index contributed by atoms with van der Waals surface area (Å²) in [5.41, 5.74) is 6.63. The van der Waals surface area contributed by atoms with E-state index in [0.717, 1.165) is 44.1 Å². The maximum Gasteiger partial charge on any atom is 0.225 e. The summed E-state index contributed by atoms with van der Waals surface area (Å²) < 4.78 is 4.35. The molecule has 3 aromatic heterocycles. The molecular weight excluding hydrogens is 535 g/mol. The zero-order chi connectivity index (χ0) is 26.8. The smallest absolute Gasteiger partial charge is 0.225 e. The third kappa shape index (κ3) is 3.33. The topological polar surface area (TPSA) is 35.6 Å². The second-order valence-corrected chi connectivity index (χ2v) is 10.5. The molecule has 0 aliphatic carbocycles. The number of aromatic nitrogens is 4. The van der Waals surface area contributed by atoms with Crippen LogP contribution in [0.3, 0.4) is 0 Å². The first-order valence-corrected chi connectivity index (χ1v) is 13.8. The molecule has 0 saturated carbocycles. The van der Waals surface area contributed by atoms with E-state index in [-0.39, 0.29) is 5.28 Å². The van der Waals surface area contributed by atoms with E-state index in [1.807, 2.05) is 42.5 Å². The van der Waals surface area contributed by atoms with E-state index in [4.69, 9.17) is 28.2 Å². The first-order valence-electron chi connectivity index (χ1n) is 13.0. The van der Waals surface area contributed by atoms with E-state index in [9.17, 15) is 0 Å². The summed E-state index contributed by atoms with van der Waals surface area (Å²) in [5, 5.41) is 5.18. The molecule has 6 heteroatoms. The largest absolute Gasteiger partial charge is 0.309 e. The van der Waals surface area contributed by atoms with Gasteiger partial charge in [0.1, 0.15) is 5.02 Å². The molecule has 0 amide bonds. The van der Waals surface area contributed by atoms with E-state index in [1.54, 1.807) is 0 Å². The van der Waals surface area contributed by atoms with Crippen LogP contribution >= 0.6 is 23.2 Å². The van der Waals surface area contributed by atoms with Gasteiger partial charge in [-0.15, -0.1) is 0 Å². The number of hydrogen-bond acceptors (Lipinski definition) is 2. The van der Waals surface area contributed by atoms with Crippen molar-refractivity contribution in [2.75, 3.05) is 0 Å². The second-order valence-electron chi connectivity index (χ2n) is 9.74. The summed E-state index contributed by atoms with van der Waals surface area (Å²) in [5.74, 6) is 0.547. The highest BCUT2D eigenvalue weighted by Crippen LogP contribution is 2.41. The third-order valence-corrected chi connectivity index (χ3v) is 8.10. The summed E-state index contributed by atoms with van der Waals surface area (Å²) in [6.07, 6.45) is 0. The van der Waals surface area contributed by atoms with Crippen LogP contribution in [0.15, 0.2) is 121 Å². The van der Waals surface area contributed by atoms with Gasteiger partial charge in [-0.25, -0.2) is 4.98 Å². The zero-order valence-corrected chi connectivity index (χ0v) is 22.6. The van der Waals surface area contributed by atoms with Crippen LogP contribution in [0.5, 0.6) is 0 Å². The highest BCUT2D eigenvalue weighted by atomic mass is 35.5. The summed E-state index contributed by atoms with van der Waals surface area (Å²) >= 11 is 13.9. The Bertz CT molecular complexity index is 2150. The van der Waals surface area contributed by atoms with Gasteiger partial charge in [0, 0.05) is 27.1 Å². The van der Waals surface area contributed by atoms with E-state index in [2.05, 4.69) is 93.0 Å². The molecule has 0 N–H and O–H groups in total. The molecule has 3 heterocycles. The van der Waals surface area contributed by atoms with Crippen molar-refractivity contribution in [3.63, 3.8) is 0 Å². The lowest BCUT2D eigenvalue weighted by Gasteiger charge is -2.16. The molecule has 190 valence electrons. The molecule has 0 aliphatic heterocycles. The number of para-hydroxylation sites is 5. The van der Waals surface area contributed by atoms with Crippen LogP contribution in [0.2, 0.25) is 10.3 Å². The Hall–Kier alpha value is -4.64. The summed E-state index contributed by atoms with van der Waals surface area (Å²) in [4.78, 5) is 9.37. The van der Waals surface area contributed by atoms with Gasteiger partial charge in [0.2, 0.25) is 5.28 Å². The van der Waals surface area contributed by atoms with Crippen LogP contribution in [-0.4, -0.2) is 19.1 Å². The SMILES string of the molecule is Clc1nc(-c2ccccc2-n2c3ccccc3c3ccccc32)c(Cl)c(-n2c3ccccc3c3ccccc32)n1. The highest BCUT2D eigenvalue weighted by molar-refractivity contribution is 6.36. The minimum absolute atomic E-state index is 0.133. The first kappa shape index (κ1) is 23.3. The molecule has 40 heavy (non-hydrogen) atoms. The Morgan fingerprint density at radius 2 is 0.875 bits per heavy atom. The van der Waals surface area contributed by atoms with E-state index >= 15 is 0 Å². The minimum atomic E-state index is 0.133. The van der Waals surface area contributed by atoms with Crippen molar-refractivity contribution in [3.05, 3.63) is 132 Å². The highest BCUT2D eigenvalue weighted by Gasteiger charge is 2.22. The van der Waals surface area contributed by atoms with Crippen LogP contribution in [-0.2, 0) is 0 Å². The average Bonchev–Trinajstić information content (AvgIpc) is 3.51. The van der Waals surface area contributed by atoms with Crippen molar-refractivity contribution < 1.29 is 0 Å². The number of halogens is 2. The molecule has 8 aromatic rings. The first-order chi connectivity index (χ1) is 19.7. The standard InChI is InChI=1S/C34H20Cl2N4/c35-31-32(37-34(36)38-33(31)40-28-18-8-3-13-23(28)24-14-4-9-19-29(24)40)25-15-5-10-20-30(25)39-26-16-6-1-11-21(26)22-12-2-7-17-27(22)39/h1-20H. The van der Waals surface area contributed by atoms with Gasteiger partial charge in [-0.2, -0.15) is 4.98 Å². The second kappa shape index (κ2) is 8.95. The quantitative estimate of drug-likeness (QED) is 0.204. The molecule has 8 rings (SSSR count). The van der Waals surface area contributed by atoms with Gasteiger partial charge in [-0.3, -0.25) is 4.57 Å². The summed E-state index contributed by atoms with van der Waals surface area (Å²) in [6.45, 7) is 0. The number of rotatable bonds is 3. The van der Waals surface area contributed by atoms with Gasteiger partial charge < -0.3 is 4.57 Å². The van der Waals surface area contributed by atoms with Gasteiger partial charge in [0.25, 0.3) is 0 Å². The predicted octanol–water partition coefficient (Wildman–Crippen LogP) is 9.64. The van der Waals surface area contributed by atoms with Gasteiger partial charge in [0.15, 0.2) is 5.82 Å². The molecule has 4 nitrogen and oxygen atoms in total. The van der Waals surface area contributed by atoms with Crippen molar-refractivity contribution in [2.45, 2.75) is 0 Å². The Morgan fingerprint density at radius 3 is 1.40 bits per heavy atom. The van der Waals surface area contributed by atoms with E-state index in [0.29, 0.717) is 16.5 Å². The number of hydrogen-bond donors (Lipinski definition) is 0. The van der Waals surface area contributed by atoms with E-state index in [1.165, 1.54) is 10.8 Å². The Labute approximate surface area is 239 Å². The molecule has 5 aromatic carbocycles. The minimum Gasteiger partial charge on any atom is -0.309 e. The van der Waals surface area contributed by atoms with Crippen LogP contribution in [0, 0.1) is 0 Å². The molecule has 0 radical (unpaired) electrons. The van der Waals surface area contributed by atoms with Crippen molar-refractivity contribution >= 4 is 66.8 Å². The van der Waals surface area contributed by atoms with Crippen LogP contribution < -0.4 is 0 Å². The molecule has 0 bridgehead atoms. The molecule has 0 fully saturated rings. The molecule has 0 saturated heterocycles. The van der Waals surface area contributed by atoms with Gasteiger partial charge in [-0.1, -0.05) is 103 Å². The lowest BCUT2D eigenvalue weighted by atomic mass is 10.1. The third-order valence-electron chi connectivity index (χ3n) is 7.58. The fraction of sp³-hybridized carbons (Fsp3) is 0. The van der Waals surface area contributed by atoms with Crippen molar-refractivity contribution in [2.24, 2.45) is 0 Å². The number of nitrogens with zero attached hydrogens (tertiary/aromatic N) is 4. The van der Waals surface area contributed by atoms with Crippen molar-refractivity contribution in [1.29, 1.82) is 0 Å². The Balaban J connectivity index is 1.44. The molecule has 0 spiro atoms. The average molecular weight is 555 g/mol. The Kier molecular flexibility index (Phi) is 5.21. The maximum absolute atomic E-state index is 7.26. The Morgan fingerprint density at radius 1 is 0.450 bits per heavy atom. The molecule has 0 aliphatic rings. The van der Waals surface area contributed by atoms with Crippen LogP contribution in [0.25, 0.3) is 66.4 Å². The fourth-order valence-corrected chi connectivity index (χ4v) is 6.37. The maximum atomic E-state index is 7.26. The molecule has 0 unspecified atom stereocenters. The predicted molar refractivity (Wildman–Crippen MR) is 166 cm³/mol. The van der Waals surface area contributed by atoms with Crippen molar-refractivity contribution in [1.82, 2.24) is 19.1 Å². The lowest BCUT2D eigenvalue weighted by molar-refractivity contribution is 1.04. The van der Waals surface area contributed by atoms with Gasteiger partial charge in [-0.05, 0) is 41.9 Å². The van der Waals surface area contributed by atoms with E-state index < -0.39 is 0 Å². The lowest BCUT2D eigenvalue weighted by Crippen LogP contribution is -2.04. The van der Waals surface area contributed by atoms with Crippen LogP contribution in [0.1, 0.15) is 0 Å². The van der Waals surface area contributed by atoms with Gasteiger partial charge >= 0.3 is 0 Å². The fourth-order valence-electron chi connectivity index (χ4n) is 5.94. The number of benzene rings is 5. The normalized spacial score (nSPS) is 11.8. The number of fused-ring (bicyclic) bond motifs is 6. The van der Waals surface area contributed by atoms with Crippen molar-refractivity contribution in [3.8, 4) is 22.8 Å². The summed E-state index contributed by atoms with van der Waals surface area (Å²) in [6, 6.07) is 41.6. The molecule has 0 atom stereocenters. The summed E-state index contributed by atoms with van der Waals surface area (Å²) in [7, 11) is 0. The zero-order valence-electron chi connectivity index (χ0n) is 21.1.